The van der Waals surface area contributed by atoms with Crippen LogP contribution in [0.5, 0.6) is 0 Å². The zero-order valence-corrected chi connectivity index (χ0v) is 14.9. The number of halogens is 1. The lowest BCUT2D eigenvalue weighted by Gasteiger charge is -2.30. The van der Waals surface area contributed by atoms with Gasteiger partial charge in [0.15, 0.2) is 10.9 Å². The monoisotopic (exact) mass is 386 g/mol. The van der Waals surface area contributed by atoms with Crippen molar-refractivity contribution in [2.45, 2.75) is 13.0 Å². The standard InChI is InChI=1S/C18H15BrN2OS/c1-11-15(17(22)13-5-3-2-4-6-13)16(21-18(23)20-11)12-7-9-14(19)10-8-12/h2-10,16H,1H3,(H2,20,21,23). The van der Waals surface area contributed by atoms with Gasteiger partial charge in [-0.3, -0.25) is 4.79 Å². The van der Waals surface area contributed by atoms with Gasteiger partial charge in [0.25, 0.3) is 0 Å². The molecule has 0 aromatic heterocycles. The molecule has 2 aromatic carbocycles. The summed E-state index contributed by atoms with van der Waals surface area (Å²) in [5, 5.41) is 6.80. The number of allylic oxidation sites excluding steroid dienone is 1. The number of benzene rings is 2. The first-order valence-electron chi connectivity index (χ1n) is 7.20. The number of hydrogen-bond donors (Lipinski definition) is 2. The molecule has 1 atom stereocenters. The molecule has 1 unspecified atom stereocenters. The Kier molecular flexibility index (Phi) is 4.59. The molecule has 0 spiro atoms. The highest BCUT2D eigenvalue weighted by atomic mass is 79.9. The van der Waals surface area contributed by atoms with Crippen LogP contribution in [-0.2, 0) is 0 Å². The lowest BCUT2D eigenvalue weighted by molar-refractivity contribution is 0.102. The molecule has 23 heavy (non-hydrogen) atoms. The van der Waals surface area contributed by atoms with Crippen LogP contribution >= 0.6 is 28.1 Å². The van der Waals surface area contributed by atoms with Crippen molar-refractivity contribution in [3.63, 3.8) is 0 Å². The van der Waals surface area contributed by atoms with Gasteiger partial charge in [0.05, 0.1) is 6.04 Å². The molecule has 0 bridgehead atoms. The summed E-state index contributed by atoms with van der Waals surface area (Å²) in [6.07, 6.45) is 0. The number of Topliss-reactive ketones (excluding diaryl/α,β-unsaturated/α-hetero) is 1. The van der Waals surface area contributed by atoms with E-state index >= 15 is 0 Å². The maximum absolute atomic E-state index is 13.0. The minimum atomic E-state index is -0.260. The fourth-order valence-electron chi connectivity index (χ4n) is 2.65. The summed E-state index contributed by atoms with van der Waals surface area (Å²) in [7, 11) is 0. The van der Waals surface area contributed by atoms with Gasteiger partial charge >= 0.3 is 0 Å². The van der Waals surface area contributed by atoms with E-state index in [2.05, 4.69) is 26.6 Å². The van der Waals surface area contributed by atoms with Gasteiger partial charge in [0.1, 0.15) is 0 Å². The molecule has 2 aromatic rings. The molecule has 0 fully saturated rings. The summed E-state index contributed by atoms with van der Waals surface area (Å²) in [6, 6.07) is 16.9. The lowest BCUT2D eigenvalue weighted by Crippen LogP contribution is -2.44. The van der Waals surface area contributed by atoms with E-state index in [1.807, 2.05) is 61.5 Å². The smallest absolute Gasteiger partial charge is 0.193 e. The van der Waals surface area contributed by atoms with Crippen LogP contribution in [0, 0.1) is 0 Å². The first kappa shape index (κ1) is 15.9. The normalized spacial score (nSPS) is 17.5. The molecule has 0 amide bonds. The van der Waals surface area contributed by atoms with Gasteiger partial charge in [-0.15, -0.1) is 0 Å². The maximum Gasteiger partial charge on any atom is 0.193 e. The predicted octanol–water partition coefficient (Wildman–Crippen LogP) is 4.12. The second-order valence-electron chi connectivity index (χ2n) is 5.32. The third-order valence-corrected chi connectivity index (χ3v) is 4.50. The van der Waals surface area contributed by atoms with Crippen molar-refractivity contribution in [3.05, 3.63) is 81.5 Å². The van der Waals surface area contributed by atoms with Gasteiger partial charge in [-0.2, -0.15) is 0 Å². The minimum Gasteiger partial charge on any atom is -0.351 e. The number of rotatable bonds is 3. The molecule has 3 nitrogen and oxygen atoms in total. The van der Waals surface area contributed by atoms with Gasteiger partial charge in [0.2, 0.25) is 0 Å². The highest BCUT2D eigenvalue weighted by Gasteiger charge is 2.30. The Bertz CT molecular complexity index is 784. The van der Waals surface area contributed by atoms with Crippen molar-refractivity contribution in [1.29, 1.82) is 0 Å². The topological polar surface area (TPSA) is 41.1 Å². The summed E-state index contributed by atoms with van der Waals surface area (Å²) in [4.78, 5) is 13.0. The number of nitrogens with one attached hydrogen (secondary N) is 2. The molecular formula is C18H15BrN2OS. The van der Waals surface area contributed by atoms with Crippen LogP contribution in [0.2, 0.25) is 0 Å². The third kappa shape index (κ3) is 3.35. The number of carbonyl (C=O) groups is 1. The first-order chi connectivity index (χ1) is 11.1. The average molecular weight is 387 g/mol. The largest absolute Gasteiger partial charge is 0.351 e. The van der Waals surface area contributed by atoms with E-state index in [1.54, 1.807) is 0 Å². The van der Waals surface area contributed by atoms with Crippen molar-refractivity contribution >= 4 is 39.0 Å². The summed E-state index contributed by atoms with van der Waals surface area (Å²) in [6.45, 7) is 1.88. The van der Waals surface area contributed by atoms with Crippen molar-refractivity contribution in [2.75, 3.05) is 0 Å². The summed E-state index contributed by atoms with van der Waals surface area (Å²) < 4.78 is 0.995. The van der Waals surface area contributed by atoms with Gasteiger partial charge in [0, 0.05) is 21.3 Å². The molecule has 2 N–H and O–H groups in total. The fourth-order valence-corrected chi connectivity index (χ4v) is 3.18. The Hall–Kier alpha value is -1.98. The molecule has 0 aliphatic carbocycles. The summed E-state index contributed by atoms with van der Waals surface area (Å²) >= 11 is 8.70. The first-order valence-corrected chi connectivity index (χ1v) is 8.40. The molecule has 3 rings (SSSR count). The number of ketones is 1. The Balaban J connectivity index is 2.06. The zero-order valence-electron chi connectivity index (χ0n) is 12.5. The quantitative estimate of drug-likeness (QED) is 0.614. The highest BCUT2D eigenvalue weighted by Crippen LogP contribution is 2.30. The van der Waals surface area contributed by atoms with E-state index < -0.39 is 0 Å². The molecule has 1 heterocycles. The van der Waals surface area contributed by atoms with Crippen LogP contribution in [0.3, 0.4) is 0 Å². The lowest BCUT2D eigenvalue weighted by atomic mass is 9.90. The van der Waals surface area contributed by atoms with E-state index in [0.717, 1.165) is 15.7 Å². The minimum absolute atomic E-state index is 0.00137. The fraction of sp³-hybridized carbons (Fsp3) is 0.111. The van der Waals surface area contributed by atoms with Gasteiger partial charge in [-0.05, 0) is 36.8 Å². The molecule has 5 heteroatoms. The molecule has 116 valence electrons. The molecule has 0 saturated heterocycles. The van der Waals surface area contributed by atoms with E-state index in [-0.39, 0.29) is 11.8 Å². The molecule has 0 radical (unpaired) electrons. The summed E-state index contributed by atoms with van der Waals surface area (Å²) in [5.41, 5.74) is 3.14. The average Bonchev–Trinajstić information content (AvgIpc) is 2.55. The van der Waals surface area contributed by atoms with E-state index in [1.165, 1.54) is 0 Å². The van der Waals surface area contributed by atoms with E-state index in [0.29, 0.717) is 16.2 Å². The van der Waals surface area contributed by atoms with Crippen molar-refractivity contribution in [3.8, 4) is 0 Å². The maximum atomic E-state index is 13.0. The van der Waals surface area contributed by atoms with Crippen LogP contribution in [-0.4, -0.2) is 10.9 Å². The molecule has 1 aliphatic heterocycles. The highest BCUT2D eigenvalue weighted by molar-refractivity contribution is 9.10. The van der Waals surface area contributed by atoms with Crippen LogP contribution < -0.4 is 10.6 Å². The number of thiocarbonyl (C=S) groups is 1. The second-order valence-corrected chi connectivity index (χ2v) is 6.64. The van der Waals surface area contributed by atoms with E-state index in [9.17, 15) is 4.79 Å². The zero-order chi connectivity index (χ0) is 16.4. The Morgan fingerprint density at radius 2 is 1.74 bits per heavy atom. The number of carbonyl (C=O) groups excluding carboxylic acids is 1. The molecular weight excluding hydrogens is 372 g/mol. The Labute approximate surface area is 148 Å². The molecule has 0 saturated carbocycles. The Morgan fingerprint density at radius 3 is 2.39 bits per heavy atom. The van der Waals surface area contributed by atoms with Crippen molar-refractivity contribution in [1.82, 2.24) is 10.6 Å². The van der Waals surface area contributed by atoms with E-state index in [4.69, 9.17) is 12.2 Å². The van der Waals surface area contributed by atoms with Crippen LogP contribution in [0.4, 0.5) is 0 Å². The van der Waals surface area contributed by atoms with Crippen LogP contribution in [0.25, 0.3) is 0 Å². The molecule has 1 aliphatic rings. The van der Waals surface area contributed by atoms with Crippen molar-refractivity contribution in [2.24, 2.45) is 0 Å². The van der Waals surface area contributed by atoms with Gasteiger partial charge < -0.3 is 10.6 Å². The predicted molar refractivity (Wildman–Crippen MR) is 99.2 cm³/mol. The van der Waals surface area contributed by atoms with Crippen LogP contribution in [0.1, 0.15) is 28.9 Å². The van der Waals surface area contributed by atoms with Crippen molar-refractivity contribution < 1.29 is 4.79 Å². The van der Waals surface area contributed by atoms with Gasteiger partial charge in [-0.25, -0.2) is 0 Å². The summed E-state index contributed by atoms with van der Waals surface area (Å²) in [5.74, 6) is -0.00137. The van der Waals surface area contributed by atoms with Gasteiger partial charge in [-0.1, -0.05) is 58.4 Å². The SMILES string of the molecule is CC1=C(C(=O)c2ccccc2)C(c2ccc(Br)cc2)NC(=S)N1. The third-order valence-electron chi connectivity index (χ3n) is 3.75. The van der Waals surface area contributed by atoms with Crippen LogP contribution in [0.15, 0.2) is 70.3 Å². The number of hydrogen-bond acceptors (Lipinski definition) is 2. The Morgan fingerprint density at radius 1 is 1.09 bits per heavy atom. The second kappa shape index (κ2) is 6.64.